The normalized spacial score (nSPS) is 9.92. The van der Waals surface area contributed by atoms with Gasteiger partial charge in [-0.3, -0.25) is 0 Å². The molecule has 2 N–H and O–H groups in total. The molecule has 0 aromatic carbocycles. The number of nitrogens with zero attached hydrogens (tertiary/aromatic N) is 1. The molecule has 1 heterocycles. The number of hydrogen-bond donors (Lipinski definition) is 1. The minimum absolute atomic E-state index is 0.238. The number of halogens is 2. The van der Waals surface area contributed by atoms with Crippen LogP contribution in [0.3, 0.4) is 0 Å². The molecule has 0 fully saturated rings. The van der Waals surface area contributed by atoms with Crippen LogP contribution in [-0.2, 0) is 0 Å². The van der Waals surface area contributed by atoms with E-state index in [0.29, 0.717) is 10.7 Å². The number of pyridine rings is 1. The van der Waals surface area contributed by atoms with Crippen molar-refractivity contribution in [2.45, 2.75) is 6.92 Å². The van der Waals surface area contributed by atoms with Crippen molar-refractivity contribution in [1.29, 1.82) is 0 Å². The van der Waals surface area contributed by atoms with Crippen molar-refractivity contribution in [2.24, 2.45) is 5.73 Å². The molecule has 12 heavy (non-hydrogen) atoms. The zero-order valence-electron chi connectivity index (χ0n) is 6.27. The van der Waals surface area contributed by atoms with Crippen LogP contribution in [0.4, 0.5) is 0 Å². The van der Waals surface area contributed by atoms with Crippen LogP contribution in [0.15, 0.2) is 6.07 Å². The first-order chi connectivity index (χ1) is 5.52. The Bertz CT molecular complexity index is 315. The highest BCUT2D eigenvalue weighted by Crippen LogP contribution is 2.20. The zero-order chi connectivity index (χ0) is 9.30. The second kappa shape index (κ2) is 3.56. The van der Waals surface area contributed by atoms with Crippen LogP contribution in [0, 0.1) is 6.92 Å². The molecule has 0 aliphatic rings. The van der Waals surface area contributed by atoms with Crippen LogP contribution >= 0.6 is 35.4 Å². The maximum absolute atomic E-state index is 5.77. The molecule has 0 aliphatic carbocycles. The highest BCUT2D eigenvalue weighted by atomic mass is 35.5. The largest absolute Gasteiger partial charge is 0.389 e. The van der Waals surface area contributed by atoms with Gasteiger partial charge >= 0.3 is 0 Å². The van der Waals surface area contributed by atoms with Crippen molar-refractivity contribution in [1.82, 2.24) is 4.98 Å². The van der Waals surface area contributed by atoms with Gasteiger partial charge in [-0.1, -0.05) is 35.4 Å². The summed E-state index contributed by atoms with van der Waals surface area (Å²) >= 11 is 16.2. The summed E-state index contributed by atoms with van der Waals surface area (Å²) in [4.78, 5) is 4.06. The molecule has 2 nitrogen and oxygen atoms in total. The molecule has 0 saturated heterocycles. The number of aryl methyl sites for hydroxylation is 1. The monoisotopic (exact) mass is 220 g/mol. The van der Waals surface area contributed by atoms with Crippen LogP contribution in [-0.4, -0.2) is 9.97 Å². The third-order valence-electron chi connectivity index (χ3n) is 1.39. The van der Waals surface area contributed by atoms with E-state index in [1.54, 1.807) is 6.07 Å². The predicted octanol–water partition coefficient (Wildman–Crippen LogP) is 2.33. The molecule has 0 unspecified atom stereocenters. The molecule has 5 heteroatoms. The Labute approximate surface area is 85.7 Å². The fraction of sp³-hybridized carbons (Fsp3) is 0.143. The topological polar surface area (TPSA) is 38.9 Å². The Morgan fingerprint density at radius 3 is 2.58 bits per heavy atom. The summed E-state index contributed by atoms with van der Waals surface area (Å²) in [5.74, 6) is 0. The van der Waals surface area contributed by atoms with Gasteiger partial charge in [-0.25, -0.2) is 4.98 Å². The van der Waals surface area contributed by atoms with Crippen LogP contribution in [0.5, 0.6) is 0 Å². The molecule has 0 saturated carbocycles. The fourth-order valence-electron chi connectivity index (χ4n) is 0.891. The van der Waals surface area contributed by atoms with Gasteiger partial charge in [0.05, 0.1) is 0 Å². The van der Waals surface area contributed by atoms with Gasteiger partial charge in [-0.15, -0.1) is 0 Å². The van der Waals surface area contributed by atoms with Gasteiger partial charge in [0.15, 0.2) is 0 Å². The lowest BCUT2D eigenvalue weighted by atomic mass is 10.2. The van der Waals surface area contributed by atoms with E-state index in [1.165, 1.54) is 0 Å². The Hall–Kier alpha value is -0.380. The van der Waals surface area contributed by atoms with Gasteiger partial charge in [0, 0.05) is 5.56 Å². The molecule has 0 spiro atoms. The zero-order valence-corrected chi connectivity index (χ0v) is 8.59. The first-order valence-electron chi connectivity index (χ1n) is 3.15. The van der Waals surface area contributed by atoms with Crippen molar-refractivity contribution in [3.8, 4) is 0 Å². The van der Waals surface area contributed by atoms with E-state index >= 15 is 0 Å². The molecular formula is C7H6Cl2N2S. The van der Waals surface area contributed by atoms with E-state index in [4.69, 9.17) is 41.2 Å². The van der Waals surface area contributed by atoms with Crippen LogP contribution in [0.1, 0.15) is 11.1 Å². The summed E-state index contributed by atoms with van der Waals surface area (Å²) in [6.45, 7) is 1.83. The SMILES string of the molecule is Cc1cc(Cl)nc(Cl)c1C(N)=S. The van der Waals surface area contributed by atoms with Crippen LogP contribution < -0.4 is 5.73 Å². The molecule has 1 rings (SSSR count). The Morgan fingerprint density at radius 2 is 2.17 bits per heavy atom. The van der Waals surface area contributed by atoms with E-state index in [-0.39, 0.29) is 10.1 Å². The van der Waals surface area contributed by atoms with Crippen molar-refractivity contribution < 1.29 is 0 Å². The lowest BCUT2D eigenvalue weighted by Crippen LogP contribution is -2.12. The van der Waals surface area contributed by atoms with Crippen molar-refractivity contribution in [3.05, 3.63) is 27.5 Å². The van der Waals surface area contributed by atoms with Crippen molar-refractivity contribution >= 4 is 40.4 Å². The molecule has 64 valence electrons. The predicted molar refractivity (Wildman–Crippen MR) is 54.9 cm³/mol. The number of thiocarbonyl (C=S) groups is 1. The minimum Gasteiger partial charge on any atom is -0.389 e. The van der Waals surface area contributed by atoms with Gasteiger partial charge in [0.25, 0.3) is 0 Å². The lowest BCUT2D eigenvalue weighted by Gasteiger charge is -2.05. The Morgan fingerprint density at radius 1 is 1.58 bits per heavy atom. The molecule has 0 bridgehead atoms. The molecule has 0 atom stereocenters. The molecule has 1 aromatic heterocycles. The average Bonchev–Trinajstić information content (AvgIpc) is 1.82. The van der Waals surface area contributed by atoms with Gasteiger partial charge < -0.3 is 5.73 Å². The van der Waals surface area contributed by atoms with Crippen molar-refractivity contribution in [2.75, 3.05) is 0 Å². The first-order valence-corrected chi connectivity index (χ1v) is 4.31. The summed E-state index contributed by atoms with van der Waals surface area (Å²) in [6, 6.07) is 1.67. The molecule has 1 aromatic rings. The molecular weight excluding hydrogens is 215 g/mol. The lowest BCUT2D eigenvalue weighted by molar-refractivity contribution is 1.27. The van der Waals surface area contributed by atoms with E-state index in [9.17, 15) is 0 Å². The molecule has 0 amide bonds. The highest BCUT2D eigenvalue weighted by molar-refractivity contribution is 7.80. The summed E-state index contributed by atoms with van der Waals surface area (Å²) in [5, 5.41) is 0.602. The minimum atomic E-state index is 0.238. The van der Waals surface area contributed by atoms with Crippen LogP contribution in [0.25, 0.3) is 0 Å². The smallest absolute Gasteiger partial charge is 0.141 e. The third kappa shape index (κ3) is 1.86. The average molecular weight is 221 g/mol. The van der Waals surface area contributed by atoms with E-state index in [0.717, 1.165) is 5.56 Å². The summed E-state index contributed by atoms with van der Waals surface area (Å²) in [7, 11) is 0. The van der Waals surface area contributed by atoms with Gasteiger partial charge in [-0.05, 0) is 18.6 Å². The first kappa shape index (κ1) is 9.71. The summed E-state index contributed by atoms with van der Waals surface area (Å²) in [6.07, 6.45) is 0. The maximum Gasteiger partial charge on any atom is 0.141 e. The maximum atomic E-state index is 5.77. The van der Waals surface area contributed by atoms with E-state index in [1.807, 2.05) is 6.92 Å². The second-order valence-electron chi connectivity index (χ2n) is 2.29. The van der Waals surface area contributed by atoms with Crippen LogP contribution in [0.2, 0.25) is 10.3 Å². The van der Waals surface area contributed by atoms with Gasteiger partial charge in [-0.2, -0.15) is 0 Å². The highest BCUT2D eigenvalue weighted by Gasteiger charge is 2.09. The number of nitrogens with two attached hydrogens (primary N) is 1. The summed E-state index contributed by atoms with van der Waals surface area (Å²) < 4.78 is 0. The summed E-state index contributed by atoms with van der Waals surface area (Å²) in [5.41, 5.74) is 6.86. The molecule has 0 aliphatic heterocycles. The Balaban J connectivity index is 3.38. The Kier molecular flexibility index (Phi) is 2.88. The number of hydrogen-bond acceptors (Lipinski definition) is 2. The van der Waals surface area contributed by atoms with Gasteiger partial charge in [0.2, 0.25) is 0 Å². The third-order valence-corrected chi connectivity index (χ3v) is 2.06. The number of rotatable bonds is 1. The second-order valence-corrected chi connectivity index (χ2v) is 3.48. The number of aromatic nitrogens is 1. The molecule has 0 radical (unpaired) electrons. The van der Waals surface area contributed by atoms with E-state index < -0.39 is 0 Å². The van der Waals surface area contributed by atoms with E-state index in [2.05, 4.69) is 4.98 Å². The van der Waals surface area contributed by atoms with Gasteiger partial charge in [0.1, 0.15) is 15.3 Å². The van der Waals surface area contributed by atoms with Crippen molar-refractivity contribution in [3.63, 3.8) is 0 Å². The quantitative estimate of drug-likeness (QED) is 0.584. The standard InChI is InChI=1S/C7H6Cl2N2S/c1-3-2-4(8)11-6(9)5(3)7(10)12/h2H,1H3,(H2,10,12). The fourth-order valence-corrected chi connectivity index (χ4v) is 1.84.